The lowest BCUT2D eigenvalue weighted by molar-refractivity contribution is -0.138. The van der Waals surface area contributed by atoms with E-state index in [4.69, 9.17) is 4.74 Å². The molecule has 0 N–H and O–H groups in total. The first-order valence-electron chi connectivity index (χ1n) is 6.41. The molecule has 1 aromatic rings. The fourth-order valence-corrected chi connectivity index (χ4v) is 2.30. The van der Waals surface area contributed by atoms with Crippen molar-refractivity contribution in [1.82, 2.24) is 4.90 Å². The SMILES string of the molecule is C[C@@H]1COC[C@@H](C)N1C(=O)/C=C/c1cccc(F)c1. The van der Waals surface area contributed by atoms with Gasteiger partial charge in [-0.25, -0.2) is 4.39 Å². The van der Waals surface area contributed by atoms with Crippen molar-refractivity contribution in [2.75, 3.05) is 13.2 Å². The molecule has 2 atom stereocenters. The van der Waals surface area contributed by atoms with Crippen molar-refractivity contribution in [2.45, 2.75) is 25.9 Å². The van der Waals surface area contributed by atoms with E-state index in [0.717, 1.165) is 0 Å². The first kappa shape index (κ1) is 13.7. The van der Waals surface area contributed by atoms with Crippen LogP contribution in [0.2, 0.25) is 0 Å². The fourth-order valence-electron chi connectivity index (χ4n) is 2.30. The van der Waals surface area contributed by atoms with E-state index in [1.165, 1.54) is 18.2 Å². The Morgan fingerprint density at radius 3 is 2.68 bits per heavy atom. The van der Waals surface area contributed by atoms with Gasteiger partial charge in [-0.1, -0.05) is 12.1 Å². The average molecular weight is 263 g/mol. The zero-order valence-electron chi connectivity index (χ0n) is 11.2. The lowest BCUT2D eigenvalue weighted by Crippen LogP contribution is -2.51. The number of amides is 1. The number of benzene rings is 1. The Morgan fingerprint density at radius 1 is 1.37 bits per heavy atom. The van der Waals surface area contributed by atoms with Crippen LogP contribution in [0.25, 0.3) is 6.08 Å². The molecule has 3 nitrogen and oxygen atoms in total. The topological polar surface area (TPSA) is 29.5 Å². The van der Waals surface area contributed by atoms with Gasteiger partial charge < -0.3 is 9.64 Å². The third-order valence-corrected chi connectivity index (χ3v) is 3.19. The number of rotatable bonds is 2. The number of nitrogens with zero attached hydrogens (tertiary/aromatic N) is 1. The van der Waals surface area contributed by atoms with Gasteiger partial charge in [-0.05, 0) is 37.6 Å². The summed E-state index contributed by atoms with van der Waals surface area (Å²) in [6.07, 6.45) is 3.13. The molecule has 1 fully saturated rings. The van der Waals surface area contributed by atoms with Gasteiger partial charge in [-0.2, -0.15) is 0 Å². The highest BCUT2D eigenvalue weighted by molar-refractivity contribution is 5.92. The molecule has 0 radical (unpaired) electrons. The summed E-state index contributed by atoms with van der Waals surface area (Å²) in [5.74, 6) is -0.365. The van der Waals surface area contributed by atoms with Gasteiger partial charge in [-0.15, -0.1) is 0 Å². The Bertz CT molecular complexity index is 477. The number of hydrogen-bond donors (Lipinski definition) is 0. The van der Waals surface area contributed by atoms with Crippen molar-refractivity contribution in [2.24, 2.45) is 0 Å². The maximum absolute atomic E-state index is 13.0. The van der Waals surface area contributed by atoms with Crippen LogP contribution in [-0.4, -0.2) is 36.1 Å². The molecule has 1 heterocycles. The van der Waals surface area contributed by atoms with Crippen molar-refractivity contribution >= 4 is 12.0 Å². The Morgan fingerprint density at radius 2 is 2.05 bits per heavy atom. The molecule has 19 heavy (non-hydrogen) atoms. The molecule has 0 bridgehead atoms. The molecule has 1 aliphatic rings. The van der Waals surface area contributed by atoms with Crippen molar-refractivity contribution < 1.29 is 13.9 Å². The van der Waals surface area contributed by atoms with Crippen molar-refractivity contribution in [3.05, 3.63) is 41.7 Å². The minimum Gasteiger partial charge on any atom is -0.377 e. The number of morpholine rings is 1. The Labute approximate surface area is 112 Å². The third kappa shape index (κ3) is 3.41. The van der Waals surface area contributed by atoms with Gasteiger partial charge in [0.15, 0.2) is 0 Å². The van der Waals surface area contributed by atoms with Gasteiger partial charge in [-0.3, -0.25) is 4.79 Å². The molecule has 0 aromatic heterocycles. The Kier molecular flexibility index (Phi) is 4.32. The molecule has 1 amide bonds. The summed E-state index contributed by atoms with van der Waals surface area (Å²) in [4.78, 5) is 14.0. The Balaban J connectivity index is 2.07. The third-order valence-electron chi connectivity index (χ3n) is 3.19. The van der Waals surface area contributed by atoms with Crippen LogP contribution in [0.15, 0.2) is 30.3 Å². The summed E-state index contributed by atoms with van der Waals surface area (Å²) in [5, 5.41) is 0. The summed E-state index contributed by atoms with van der Waals surface area (Å²) in [6, 6.07) is 6.29. The summed E-state index contributed by atoms with van der Waals surface area (Å²) >= 11 is 0. The van der Waals surface area contributed by atoms with Crippen molar-refractivity contribution in [3.8, 4) is 0 Å². The van der Waals surface area contributed by atoms with Gasteiger partial charge >= 0.3 is 0 Å². The predicted molar refractivity (Wildman–Crippen MR) is 72.0 cm³/mol. The lowest BCUT2D eigenvalue weighted by Gasteiger charge is -2.38. The van der Waals surface area contributed by atoms with Crippen LogP contribution in [0, 0.1) is 5.82 Å². The predicted octanol–water partition coefficient (Wildman–Crippen LogP) is 2.47. The minimum atomic E-state index is -0.303. The standard InChI is InChI=1S/C15H18FNO2/c1-11-9-19-10-12(2)17(11)15(18)7-6-13-4-3-5-14(16)8-13/h3-8,11-12H,9-10H2,1-2H3/b7-6+/t11-,12-/m1/s1. The van der Waals surface area contributed by atoms with Gasteiger partial charge in [0.05, 0.1) is 25.3 Å². The van der Waals surface area contributed by atoms with E-state index in [0.29, 0.717) is 18.8 Å². The molecule has 0 unspecified atom stereocenters. The van der Waals surface area contributed by atoms with Crippen molar-refractivity contribution in [3.63, 3.8) is 0 Å². The second-order valence-corrected chi connectivity index (χ2v) is 4.87. The van der Waals surface area contributed by atoms with E-state index in [1.807, 2.05) is 13.8 Å². The van der Waals surface area contributed by atoms with Crippen LogP contribution in [0.1, 0.15) is 19.4 Å². The molecule has 1 saturated heterocycles. The van der Waals surface area contributed by atoms with Gasteiger partial charge in [0.25, 0.3) is 0 Å². The smallest absolute Gasteiger partial charge is 0.247 e. The minimum absolute atomic E-state index is 0.0624. The zero-order chi connectivity index (χ0) is 13.8. The van der Waals surface area contributed by atoms with E-state index >= 15 is 0 Å². The molecular weight excluding hydrogens is 245 g/mol. The highest BCUT2D eigenvalue weighted by Crippen LogP contribution is 2.14. The summed E-state index contributed by atoms with van der Waals surface area (Å²) < 4.78 is 18.4. The quantitative estimate of drug-likeness (QED) is 0.767. The molecule has 1 aliphatic heterocycles. The van der Waals surface area contributed by atoms with Gasteiger partial charge in [0.1, 0.15) is 5.82 Å². The number of carbonyl (C=O) groups excluding carboxylic acids is 1. The molecule has 2 rings (SSSR count). The molecule has 1 aromatic carbocycles. The maximum atomic E-state index is 13.0. The van der Waals surface area contributed by atoms with Crippen LogP contribution in [0.4, 0.5) is 4.39 Å². The molecule has 0 spiro atoms. The van der Waals surface area contributed by atoms with Crippen LogP contribution < -0.4 is 0 Å². The summed E-state index contributed by atoms with van der Waals surface area (Å²) in [6.45, 7) is 5.04. The highest BCUT2D eigenvalue weighted by atomic mass is 19.1. The number of hydrogen-bond acceptors (Lipinski definition) is 2. The molecule has 102 valence electrons. The average Bonchev–Trinajstić information content (AvgIpc) is 2.36. The molecular formula is C15H18FNO2. The van der Waals surface area contributed by atoms with Crippen molar-refractivity contribution in [1.29, 1.82) is 0 Å². The first-order valence-corrected chi connectivity index (χ1v) is 6.41. The lowest BCUT2D eigenvalue weighted by atomic mass is 10.1. The number of carbonyl (C=O) groups is 1. The monoisotopic (exact) mass is 263 g/mol. The second kappa shape index (κ2) is 5.97. The number of ether oxygens (including phenoxy) is 1. The fraction of sp³-hybridized carbons (Fsp3) is 0.400. The van der Waals surface area contributed by atoms with E-state index < -0.39 is 0 Å². The van der Waals surface area contributed by atoms with Crippen LogP contribution in [0.3, 0.4) is 0 Å². The van der Waals surface area contributed by atoms with Gasteiger partial charge in [0, 0.05) is 6.08 Å². The van der Waals surface area contributed by atoms with Gasteiger partial charge in [0.2, 0.25) is 5.91 Å². The summed E-state index contributed by atoms with van der Waals surface area (Å²) in [5.41, 5.74) is 0.682. The van der Waals surface area contributed by atoms with E-state index in [9.17, 15) is 9.18 Å². The van der Waals surface area contributed by atoms with E-state index in [-0.39, 0.29) is 23.8 Å². The molecule has 4 heteroatoms. The molecule has 0 aliphatic carbocycles. The number of halogens is 1. The van der Waals surface area contributed by atoms with E-state index in [1.54, 1.807) is 23.1 Å². The van der Waals surface area contributed by atoms with Crippen LogP contribution in [0.5, 0.6) is 0 Å². The second-order valence-electron chi connectivity index (χ2n) is 4.87. The van der Waals surface area contributed by atoms with Crippen LogP contribution in [-0.2, 0) is 9.53 Å². The highest BCUT2D eigenvalue weighted by Gasteiger charge is 2.27. The molecule has 0 saturated carbocycles. The van der Waals surface area contributed by atoms with Crippen LogP contribution >= 0.6 is 0 Å². The maximum Gasteiger partial charge on any atom is 0.247 e. The first-order chi connectivity index (χ1) is 9.08. The largest absolute Gasteiger partial charge is 0.377 e. The normalized spacial score (nSPS) is 23.8. The van der Waals surface area contributed by atoms with E-state index in [2.05, 4.69) is 0 Å². The summed E-state index contributed by atoms with van der Waals surface area (Å²) in [7, 11) is 0. The zero-order valence-corrected chi connectivity index (χ0v) is 11.2. The Hall–Kier alpha value is -1.68.